The Hall–Kier alpha value is -2.10. The number of nitrogens with one attached hydrogen (secondary N) is 1. The molecule has 36 heavy (non-hydrogen) atoms. The van der Waals surface area contributed by atoms with Gasteiger partial charge in [-0.2, -0.15) is 0 Å². The van der Waals surface area contributed by atoms with Crippen LogP contribution >= 0.6 is 46.8 Å². The molecule has 4 aromatic rings. The van der Waals surface area contributed by atoms with Gasteiger partial charge in [-0.05, 0) is 61.3 Å². The van der Waals surface area contributed by atoms with E-state index in [0.717, 1.165) is 70.0 Å². The van der Waals surface area contributed by atoms with Gasteiger partial charge in [-0.3, -0.25) is 9.69 Å². The van der Waals surface area contributed by atoms with E-state index in [-0.39, 0.29) is 18.3 Å². The monoisotopic (exact) mass is 559 g/mol. The summed E-state index contributed by atoms with van der Waals surface area (Å²) in [5.41, 5.74) is 3.52. The Bertz CT molecular complexity index is 1290. The van der Waals surface area contributed by atoms with Crippen LogP contribution in [0, 0.1) is 0 Å². The van der Waals surface area contributed by atoms with Crippen molar-refractivity contribution in [1.29, 1.82) is 0 Å². The van der Waals surface area contributed by atoms with Crippen LogP contribution in [0.1, 0.15) is 30.2 Å². The Morgan fingerprint density at radius 2 is 1.97 bits per heavy atom. The maximum Gasteiger partial charge on any atom is 0.225 e. The van der Waals surface area contributed by atoms with Gasteiger partial charge in [0.2, 0.25) is 5.91 Å². The first-order valence-electron chi connectivity index (χ1n) is 11.9. The van der Waals surface area contributed by atoms with Crippen LogP contribution in [-0.2, 0) is 17.8 Å². The lowest BCUT2D eigenvalue weighted by molar-refractivity contribution is -0.115. The molecule has 3 heterocycles. The highest BCUT2D eigenvalue weighted by Gasteiger charge is 2.27. The van der Waals surface area contributed by atoms with Crippen LogP contribution in [0.15, 0.2) is 53.4 Å². The zero-order chi connectivity index (χ0) is 24.2. The Kier molecular flexibility index (Phi) is 9.30. The number of nitrogens with zero attached hydrogens (tertiary/aromatic N) is 2. The van der Waals surface area contributed by atoms with Crippen LogP contribution in [0.3, 0.4) is 0 Å². The summed E-state index contributed by atoms with van der Waals surface area (Å²) in [5.74, 6) is 1.62. The van der Waals surface area contributed by atoms with Crippen LogP contribution in [0.4, 0.5) is 5.00 Å². The van der Waals surface area contributed by atoms with Gasteiger partial charge in [-0.1, -0.05) is 19.1 Å². The first-order chi connectivity index (χ1) is 17.1. The molecular formula is C27H30ClN3O2S3. The van der Waals surface area contributed by atoms with E-state index in [4.69, 9.17) is 9.72 Å². The fourth-order valence-electron chi connectivity index (χ4n) is 4.38. The normalized spacial score (nSPS) is 13.3. The molecule has 1 amide bonds. The maximum absolute atomic E-state index is 13.0. The fourth-order valence-corrected chi connectivity index (χ4v) is 7.65. The summed E-state index contributed by atoms with van der Waals surface area (Å²) in [5, 5.41) is 5.22. The van der Waals surface area contributed by atoms with Crippen molar-refractivity contribution in [2.24, 2.45) is 0 Å². The number of methoxy groups -OCH3 is 1. The highest BCUT2D eigenvalue weighted by molar-refractivity contribution is 7.99. The number of para-hydroxylation sites is 1. The highest BCUT2D eigenvalue weighted by Crippen LogP contribution is 2.45. The number of fused-ring (bicyclic) bond motifs is 2. The van der Waals surface area contributed by atoms with Crippen molar-refractivity contribution < 1.29 is 9.53 Å². The summed E-state index contributed by atoms with van der Waals surface area (Å²) >= 11 is 5.13. The van der Waals surface area contributed by atoms with Crippen molar-refractivity contribution in [3.05, 3.63) is 59.0 Å². The van der Waals surface area contributed by atoms with Crippen LogP contribution in [0.5, 0.6) is 5.75 Å². The Morgan fingerprint density at radius 3 is 2.72 bits per heavy atom. The predicted molar refractivity (Wildman–Crippen MR) is 156 cm³/mol. The summed E-state index contributed by atoms with van der Waals surface area (Å²) in [4.78, 5) is 22.9. The minimum absolute atomic E-state index is 0. The van der Waals surface area contributed by atoms with Crippen LogP contribution in [-0.4, -0.2) is 41.7 Å². The van der Waals surface area contributed by atoms with Gasteiger partial charge in [-0.25, -0.2) is 4.98 Å². The van der Waals surface area contributed by atoms with Gasteiger partial charge in [-0.15, -0.1) is 46.8 Å². The molecule has 0 aliphatic carbocycles. The molecule has 0 unspecified atom stereocenters. The smallest absolute Gasteiger partial charge is 0.225 e. The minimum Gasteiger partial charge on any atom is -0.497 e. The SMILES string of the molecule is CCCN1CCc2c(sc(NC(=O)CCSc3ccc(OC)cc3)c2-c2nc3ccccc3s2)C1.Cl. The van der Waals surface area contributed by atoms with E-state index in [1.165, 1.54) is 15.1 Å². The highest BCUT2D eigenvalue weighted by atomic mass is 35.5. The molecule has 5 rings (SSSR count). The third-order valence-corrected chi connectivity index (χ3v) is 9.29. The second-order valence-electron chi connectivity index (χ2n) is 8.54. The molecule has 0 bridgehead atoms. The molecule has 5 nitrogen and oxygen atoms in total. The Labute approximate surface area is 230 Å². The lowest BCUT2D eigenvalue weighted by Gasteiger charge is -2.26. The molecule has 0 atom stereocenters. The number of ether oxygens (including phenoxy) is 1. The molecular weight excluding hydrogens is 530 g/mol. The van der Waals surface area contributed by atoms with Gasteiger partial charge >= 0.3 is 0 Å². The topological polar surface area (TPSA) is 54.5 Å². The second kappa shape index (κ2) is 12.4. The quantitative estimate of drug-likeness (QED) is 0.217. The third-order valence-electron chi connectivity index (χ3n) is 6.09. The van der Waals surface area contributed by atoms with E-state index in [0.29, 0.717) is 6.42 Å². The molecule has 0 saturated carbocycles. The zero-order valence-corrected chi connectivity index (χ0v) is 23.7. The van der Waals surface area contributed by atoms with E-state index >= 15 is 0 Å². The Morgan fingerprint density at radius 1 is 1.17 bits per heavy atom. The molecule has 1 aliphatic heterocycles. The van der Waals surface area contributed by atoms with Crippen molar-refractivity contribution in [2.75, 3.05) is 31.3 Å². The van der Waals surface area contributed by atoms with Gasteiger partial charge in [0.1, 0.15) is 15.8 Å². The van der Waals surface area contributed by atoms with Gasteiger partial charge in [0, 0.05) is 40.6 Å². The molecule has 1 N–H and O–H groups in total. The lowest BCUT2D eigenvalue weighted by Crippen LogP contribution is -2.30. The van der Waals surface area contributed by atoms with Gasteiger partial charge in [0.25, 0.3) is 0 Å². The molecule has 2 aromatic carbocycles. The van der Waals surface area contributed by atoms with Crippen molar-refractivity contribution in [3.8, 4) is 16.3 Å². The van der Waals surface area contributed by atoms with Crippen molar-refractivity contribution in [2.45, 2.75) is 37.6 Å². The number of hydrogen-bond acceptors (Lipinski definition) is 7. The average molecular weight is 560 g/mol. The number of thiophene rings is 1. The fraction of sp³-hybridized carbons (Fsp3) is 0.333. The zero-order valence-electron chi connectivity index (χ0n) is 20.4. The molecule has 0 fully saturated rings. The molecule has 0 spiro atoms. The summed E-state index contributed by atoms with van der Waals surface area (Å²) in [6, 6.07) is 16.2. The number of halogens is 1. The number of thioether (sulfide) groups is 1. The van der Waals surface area contributed by atoms with E-state index in [2.05, 4.69) is 35.3 Å². The first-order valence-corrected chi connectivity index (χ1v) is 14.6. The van der Waals surface area contributed by atoms with Gasteiger partial charge in [0.15, 0.2) is 0 Å². The van der Waals surface area contributed by atoms with Crippen molar-refractivity contribution in [3.63, 3.8) is 0 Å². The number of thiazole rings is 1. The second-order valence-corrected chi connectivity index (χ2v) is 11.8. The van der Waals surface area contributed by atoms with Gasteiger partial charge < -0.3 is 10.1 Å². The molecule has 0 radical (unpaired) electrons. The standard InChI is InChI=1S/C27H29N3O2S3.ClH/c1-3-14-30-15-12-20-23(17-30)35-27(25(20)26-28-21-6-4-5-7-22(21)34-26)29-24(31)13-16-33-19-10-8-18(32-2)9-11-19;/h4-11H,3,12-17H2,1-2H3,(H,29,31);1H. The summed E-state index contributed by atoms with van der Waals surface area (Å²) in [7, 11) is 1.67. The predicted octanol–water partition coefficient (Wildman–Crippen LogP) is 7.34. The number of aromatic nitrogens is 1. The number of hydrogen-bond donors (Lipinski definition) is 1. The van der Waals surface area contributed by atoms with Gasteiger partial charge in [0.05, 0.1) is 17.3 Å². The molecule has 2 aromatic heterocycles. The Balaban J connectivity index is 0.00000304. The molecule has 1 aliphatic rings. The van der Waals surface area contributed by atoms with Crippen molar-refractivity contribution >= 4 is 68.0 Å². The average Bonchev–Trinajstić information content (AvgIpc) is 3.45. The largest absolute Gasteiger partial charge is 0.497 e. The number of benzene rings is 2. The van der Waals surface area contributed by atoms with E-state index < -0.39 is 0 Å². The maximum atomic E-state index is 13.0. The summed E-state index contributed by atoms with van der Waals surface area (Å²) in [6.07, 6.45) is 2.61. The van der Waals surface area contributed by atoms with Crippen LogP contribution < -0.4 is 10.1 Å². The van der Waals surface area contributed by atoms with E-state index in [1.54, 1.807) is 41.5 Å². The number of carbonyl (C=O) groups excluding carboxylic acids is 1. The summed E-state index contributed by atoms with van der Waals surface area (Å²) < 4.78 is 6.40. The van der Waals surface area contributed by atoms with E-state index in [9.17, 15) is 4.79 Å². The summed E-state index contributed by atoms with van der Waals surface area (Å²) in [6.45, 7) is 5.35. The first kappa shape index (κ1) is 26.9. The molecule has 9 heteroatoms. The number of rotatable bonds is 9. The van der Waals surface area contributed by atoms with Crippen molar-refractivity contribution in [1.82, 2.24) is 9.88 Å². The number of amides is 1. The number of carbonyl (C=O) groups is 1. The third kappa shape index (κ3) is 6.06. The van der Waals surface area contributed by atoms with E-state index in [1.807, 2.05) is 30.3 Å². The molecule has 0 saturated heterocycles. The van der Waals surface area contributed by atoms with Crippen LogP contribution in [0.2, 0.25) is 0 Å². The lowest BCUT2D eigenvalue weighted by atomic mass is 10.0. The minimum atomic E-state index is 0. The number of anilines is 1. The molecule has 190 valence electrons. The van der Waals surface area contributed by atoms with Crippen LogP contribution in [0.25, 0.3) is 20.8 Å².